The molecular formula is C11H15FN2OS. The van der Waals surface area contributed by atoms with Crippen LogP contribution in [0.5, 0.6) is 0 Å². The van der Waals surface area contributed by atoms with Crippen molar-refractivity contribution in [3.63, 3.8) is 0 Å². The smallest absolute Gasteiger partial charge is 0.124 e. The molecule has 0 aliphatic rings. The second kappa shape index (κ2) is 6.40. The van der Waals surface area contributed by atoms with Crippen molar-refractivity contribution in [3.8, 4) is 0 Å². The third kappa shape index (κ3) is 3.75. The number of nitrogens with two attached hydrogens (primary N) is 1. The molecule has 0 fully saturated rings. The summed E-state index contributed by atoms with van der Waals surface area (Å²) in [5, 5.41) is 3.14. The van der Waals surface area contributed by atoms with Crippen LogP contribution >= 0.6 is 12.2 Å². The van der Waals surface area contributed by atoms with Crippen LogP contribution in [-0.4, -0.2) is 25.2 Å². The van der Waals surface area contributed by atoms with E-state index in [0.29, 0.717) is 12.2 Å². The maximum Gasteiger partial charge on any atom is 0.124 e. The summed E-state index contributed by atoms with van der Waals surface area (Å²) in [6, 6.07) is 4.35. The summed E-state index contributed by atoms with van der Waals surface area (Å²) >= 11 is 4.86. The normalized spacial score (nSPS) is 10.1. The fourth-order valence-corrected chi connectivity index (χ4v) is 1.48. The van der Waals surface area contributed by atoms with Crippen LogP contribution in [0, 0.1) is 5.82 Å². The molecule has 0 spiro atoms. The molecule has 1 rings (SSSR count). The lowest BCUT2D eigenvalue weighted by atomic mass is 10.1. The SMILES string of the molecule is COCCCNc1ccc(F)cc1C(N)=S. The number of anilines is 1. The van der Waals surface area contributed by atoms with Crippen LogP contribution in [0.2, 0.25) is 0 Å². The van der Waals surface area contributed by atoms with Crippen molar-refractivity contribution in [2.24, 2.45) is 5.73 Å². The van der Waals surface area contributed by atoms with Crippen molar-refractivity contribution in [2.45, 2.75) is 6.42 Å². The lowest BCUT2D eigenvalue weighted by Crippen LogP contribution is -2.14. The Bertz CT molecular complexity index is 371. The Morgan fingerprint density at radius 3 is 2.94 bits per heavy atom. The van der Waals surface area contributed by atoms with Gasteiger partial charge in [0, 0.05) is 31.5 Å². The number of halogens is 1. The van der Waals surface area contributed by atoms with Crippen LogP contribution in [0.3, 0.4) is 0 Å². The number of ether oxygens (including phenoxy) is 1. The number of benzene rings is 1. The molecule has 1 aromatic carbocycles. The highest BCUT2D eigenvalue weighted by Gasteiger charge is 2.05. The highest BCUT2D eigenvalue weighted by Crippen LogP contribution is 2.16. The topological polar surface area (TPSA) is 47.3 Å². The Balaban J connectivity index is 2.67. The predicted molar refractivity (Wildman–Crippen MR) is 67.3 cm³/mol. The number of hydrogen-bond acceptors (Lipinski definition) is 3. The predicted octanol–water partition coefficient (Wildman–Crippen LogP) is 1.91. The van der Waals surface area contributed by atoms with E-state index in [1.165, 1.54) is 12.1 Å². The zero-order valence-electron chi connectivity index (χ0n) is 9.13. The molecule has 0 bridgehead atoms. The van der Waals surface area contributed by atoms with E-state index in [2.05, 4.69) is 5.32 Å². The van der Waals surface area contributed by atoms with Crippen LogP contribution in [0.15, 0.2) is 18.2 Å². The number of rotatable bonds is 6. The lowest BCUT2D eigenvalue weighted by Gasteiger charge is -2.10. The van der Waals surface area contributed by atoms with Crippen LogP contribution < -0.4 is 11.1 Å². The van der Waals surface area contributed by atoms with Gasteiger partial charge in [-0.05, 0) is 24.6 Å². The van der Waals surface area contributed by atoms with Crippen molar-refractivity contribution in [1.29, 1.82) is 0 Å². The van der Waals surface area contributed by atoms with Crippen LogP contribution in [0.25, 0.3) is 0 Å². The maximum atomic E-state index is 13.0. The van der Waals surface area contributed by atoms with Gasteiger partial charge < -0.3 is 15.8 Å². The Morgan fingerprint density at radius 2 is 2.31 bits per heavy atom. The van der Waals surface area contributed by atoms with Gasteiger partial charge in [0.1, 0.15) is 10.8 Å². The van der Waals surface area contributed by atoms with Crippen LogP contribution in [0.4, 0.5) is 10.1 Å². The second-order valence-electron chi connectivity index (χ2n) is 3.33. The molecule has 88 valence electrons. The molecular weight excluding hydrogens is 227 g/mol. The van der Waals surface area contributed by atoms with Crippen molar-refractivity contribution in [2.75, 3.05) is 25.6 Å². The molecule has 0 aliphatic carbocycles. The molecule has 0 aromatic heterocycles. The van der Waals surface area contributed by atoms with E-state index in [-0.39, 0.29) is 10.8 Å². The fourth-order valence-electron chi connectivity index (χ4n) is 1.31. The van der Waals surface area contributed by atoms with Gasteiger partial charge in [-0.1, -0.05) is 12.2 Å². The number of thiocarbonyl (C=S) groups is 1. The third-order valence-electron chi connectivity index (χ3n) is 2.09. The number of methoxy groups -OCH3 is 1. The van der Waals surface area contributed by atoms with Gasteiger partial charge in [-0.15, -0.1) is 0 Å². The molecule has 1 aromatic rings. The molecule has 0 atom stereocenters. The molecule has 16 heavy (non-hydrogen) atoms. The highest BCUT2D eigenvalue weighted by molar-refractivity contribution is 7.80. The van der Waals surface area contributed by atoms with E-state index in [4.69, 9.17) is 22.7 Å². The van der Waals surface area contributed by atoms with E-state index in [1.807, 2.05) is 0 Å². The molecule has 5 heteroatoms. The molecule has 0 aliphatic heterocycles. The van der Waals surface area contributed by atoms with Crippen molar-refractivity contribution in [1.82, 2.24) is 0 Å². The fraction of sp³-hybridized carbons (Fsp3) is 0.364. The van der Waals surface area contributed by atoms with Gasteiger partial charge in [0.25, 0.3) is 0 Å². The lowest BCUT2D eigenvalue weighted by molar-refractivity contribution is 0.198. The highest BCUT2D eigenvalue weighted by atomic mass is 32.1. The maximum absolute atomic E-state index is 13.0. The van der Waals surface area contributed by atoms with Gasteiger partial charge in [0.2, 0.25) is 0 Å². The van der Waals surface area contributed by atoms with E-state index in [9.17, 15) is 4.39 Å². The summed E-state index contributed by atoms with van der Waals surface area (Å²) in [4.78, 5) is 0.189. The van der Waals surface area contributed by atoms with Crippen molar-refractivity contribution in [3.05, 3.63) is 29.6 Å². The van der Waals surface area contributed by atoms with E-state index in [1.54, 1.807) is 13.2 Å². The van der Waals surface area contributed by atoms with Crippen LogP contribution in [-0.2, 0) is 4.74 Å². The van der Waals surface area contributed by atoms with E-state index < -0.39 is 0 Å². The Labute approximate surface area is 99.8 Å². The Hall–Kier alpha value is -1.20. The Kier molecular flexibility index (Phi) is 5.14. The summed E-state index contributed by atoms with van der Waals surface area (Å²) in [6.45, 7) is 1.41. The standard InChI is InChI=1S/C11H15FN2OS/c1-15-6-2-5-14-10-4-3-8(12)7-9(10)11(13)16/h3-4,7,14H,2,5-6H2,1H3,(H2,13,16). The van der Waals surface area contributed by atoms with Gasteiger partial charge >= 0.3 is 0 Å². The molecule has 0 saturated heterocycles. The molecule has 3 nitrogen and oxygen atoms in total. The molecule has 0 amide bonds. The van der Waals surface area contributed by atoms with Crippen LogP contribution in [0.1, 0.15) is 12.0 Å². The summed E-state index contributed by atoms with van der Waals surface area (Å²) in [5.41, 5.74) is 6.80. The van der Waals surface area contributed by atoms with E-state index in [0.717, 1.165) is 18.7 Å². The van der Waals surface area contributed by atoms with Gasteiger partial charge in [-0.25, -0.2) is 4.39 Å². The second-order valence-corrected chi connectivity index (χ2v) is 3.77. The molecule has 0 heterocycles. The van der Waals surface area contributed by atoms with Gasteiger partial charge in [-0.3, -0.25) is 0 Å². The first-order valence-corrected chi connectivity index (χ1v) is 5.38. The van der Waals surface area contributed by atoms with Gasteiger partial charge in [-0.2, -0.15) is 0 Å². The monoisotopic (exact) mass is 242 g/mol. The first-order valence-electron chi connectivity index (χ1n) is 4.97. The first kappa shape index (κ1) is 12.9. The average molecular weight is 242 g/mol. The zero-order valence-corrected chi connectivity index (χ0v) is 9.94. The quantitative estimate of drug-likeness (QED) is 0.591. The Morgan fingerprint density at radius 1 is 1.56 bits per heavy atom. The first-order chi connectivity index (χ1) is 7.65. The summed E-state index contributed by atoms with van der Waals surface area (Å²) < 4.78 is 17.9. The number of hydrogen-bond donors (Lipinski definition) is 2. The van der Waals surface area contributed by atoms with Crippen molar-refractivity contribution >= 4 is 22.9 Å². The minimum absolute atomic E-state index is 0.189. The minimum Gasteiger partial charge on any atom is -0.389 e. The largest absolute Gasteiger partial charge is 0.389 e. The summed E-state index contributed by atoms with van der Waals surface area (Å²) in [6.07, 6.45) is 0.866. The van der Waals surface area contributed by atoms with Crippen molar-refractivity contribution < 1.29 is 9.13 Å². The average Bonchev–Trinajstić information content (AvgIpc) is 2.26. The van der Waals surface area contributed by atoms with Gasteiger partial charge in [0.15, 0.2) is 0 Å². The molecule has 0 unspecified atom stereocenters. The molecule has 3 N–H and O–H groups in total. The number of nitrogens with one attached hydrogen (secondary N) is 1. The molecule has 0 saturated carbocycles. The molecule has 0 radical (unpaired) electrons. The van der Waals surface area contributed by atoms with Gasteiger partial charge in [0.05, 0.1) is 0 Å². The van der Waals surface area contributed by atoms with E-state index >= 15 is 0 Å². The minimum atomic E-state index is -0.342. The summed E-state index contributed by atoms with van der Waals surface area (Å²) in [5.74, 6) is -0.342. The third-order valence-corrected chi connectivity index (χ3v) is 2.31. The summed E-state index contributed by atoms with van der Waals surface area (Å²) in [7, 11) is 1.65. The zero-order chi connectivity index (χ0) is 12.0.